The molecule has 182 valence electrons. The maximum absolute atomic E-state index is 14.4. The molecule has 34 heavy (non-hydrogen) atoms. The van der Waals surface area contributed by atoms with Crippen LogP contribution >= 0.6 is 0 Å². The van der Waals surface area contributed by atoms with Gasteiger partial charge in [0.05, 0.1) is 18.2 Å². The van der Waals surface area contributed by atoms with E-state index in [1.54, 1.807) is 6.07 Å². The van der Waals surface area contributed by atoms with Gasteiger partial charge in [-0.05, 0) is 68.6 Å². The summed E-state index contributed by atoms with van der Waals surface area (Å²) >= 11 is 0. The average molecular weight is 469 g/mol. The Labute approximate surface area is 200 Å². The van der Waals surface area contributed by atoms with Gasteiger partial charge in [-0.25, -0.2) is 14.4 Å². The summed E-state index contributed by atoms with van der Waals surface area (Å²) < 4.78 is 20.2. The number of ketones is 1. The number of hydrogen-bond donors (Lipinski definition) is 1. The number of Topliss-reactive ketones (excluding diaryl/α,β-unsaturated/α-hetero) is 1. The van der Waals surface area contributed by atoms with Gasteiger partial charge in [0.2, 0.25) is 5.95 Å². The molecule has 1 saturated carbocycles. The summed E-state index contributed by atoms with van der Waals surface area (Å²) in [6.07, 6.45) is 10.8. The first kappa shape index (κ1) is 24.1. The molecule has 2 aliphatic rings. The fourth-order valence-electron chi connectivity index (χ4n) is 4.65. The summed E-state index contributed by atoms with van der Waals surface area (Å²) in [7, 11) is 0. The van der Waals surface area contributed by atoms with E-state index >= 15 is 0 Å². The lowest BCUT2D eigenvalue weighted by Crippen LogP contribution is -2.37. The van der Waals surface area contributed by atoms with Crippen molar-refractivity contribution in [1.29, 1.82) is 0 Å². The van der Waals surface area contributed by atoms with Crippen LogP contribution in [0.15, 0.2) is 30.6 Å². The Morgan fingerprint density at radius 2 is 1.97 bits per heavy atom. The van der Waals surface area contributed by atoms with Crippen LogP contribution in [0.4, 0.5) is 10.3 Å². The Kier molecular flexibility index (Phi) is 8.08. The topological polar surface area (TPSA) is 84.4 Å². The van der Waals surface area contributed by atoms with E-state index in [-0.39, 0.29) is 11.3 Å². The van der Waals surface area contributed by atoms with Crippen molar-refractivity contribution in [2.75, 3.05) is 24.6 Å². The van der Waals surface area contributed by atoms with E-state index in [9.17, 15) is 14.0 Å². The zero-order valence-electron chi connectivity index (χ0n) is 19.8. The summed E-state index contributed by atoms with van der Waals surface area (Å²) in [4.78, 5) is 35.2. The van der Waals surface area contributed by atoms with E-state index in [1.807, 2.05) is 12.4 Å². The molecule has 1 aliphatic carbocycles. The van der Waals surface area contributed by atoms with Gasteiger partial charge in [-0.2, -0.15) is 0 Å². The smallest absolute Gasteiger partial charge is 0.254 e. The van der Waals surface area contributed by atoms with Crippen molar-refractivity contribution in [3.8, 4) is 5.75 Å². The number of amides is 1. The number of ether oxygens (including phenoxy) is 1. The molecule has 2 aromatic rings. The van der Waals surface area contributed by atoms with E-state index in [2.05, 4.69) is 27.1 Å². The zero-order valence-corrected chi connectivity index (χ0v) is 19.8. The maximum Gasteiger partial charge on any atom is 0.254 e. The van der Waals surface area contributed by atoms with Crippen LogP contribution in [0.5, 0.6) is 5.75 Å². The Morgan fingerprint density at radius 1 is 1.21 bits per heavy atom. The summed E-state index contributed by atoms with van der Waals surface area (Å²) in [6.45, 7) is 4.51. The van der Waals surface area contributed by atoms with Gasteiger partial charge in [0.15, 0.2) is 5.78 Å². The molecule has 2 heterocycles. The summed E-state index contributed by atoms with van der Waals surface area (Å²) in [6, 6.07) is 3.78. The van der Waals surface area contributed by atoms with Crippen LogP contribution in [-0.4, -0.2) is 47.4 Å². The molecule has 1 atom stereocenters. The Hall–Kier alpha value is -3.03. The fraction of sp³-hybridized carbons (Fsp3) is 0.538. The third-order valence-electron chi connectivity index (χ3n) is 6.82. The van der Waals surface area contributed by atoms with E-state index in [1.165, 1.54) is 12.1 Å². The number of carbonyl (C=O) groups excluding carboxylic acids is 2. The van der Waals surface area contributed by atoms with Gasteiger partial charge in [0.25, 0.3) is 5.91 Å². The Balaban J connectivity index is 1.17. The highest BCUT2D eigenvalue weighted by Crippen LogP contribution is 2.25. The molecule has 1 saturated heterocycles. The number of nitrogens with one attached hydrogen (secondary N) is 1. The first-order valence-electron chi connectivity index (χ1n) is 12.3. The van der Waals surface area contributed by atoms with Crippen molar-refractivity contribution in [2.24, 2.45) is 5.92 Å². The summed E-state index contributed by atoms with van der Waals surface area (Å²) in [5.41, 5.74) is 1.09. The molecule has 7 nitrogen and oxygen atoms in total. The number of halogens is 1. The van der Waals surface area contributed by atoms with E-state index in [0.29, 0.717) is 31.1 Å². The summed E-state index contributed by atoms with van der Waals surface area (Å²) in [5.74, 6) is 0.681. The van der Waals surface area contributed by atoms with Crippen LogP contribution in [0.25, 0.3) is 0 Å². The van der Waals surface area contributed by atoms with Crippen molar-refractivity contribution < 1.29 is 18.7 Å². The standard InChI is InChI=1S/C26H33FN4O3/c1-2-18-16-28-26(29-17-18)31-12-10-19(11-13-31)5-4-14-34-20-8-9-21(22(27)15-20)25(33)30-23-6-3-7-24(23)32/h8-9,15-17,19,23H,2-7,10-14H2,1H3,(H,30,33). The van der Waals surface area contributed by atoms with Gasteiger partial charge in [0, 0.05) is 38.0 Å². The minimum atomic E-state index is -0.637. The van der Waals surface area contributed by atoms with Gasteiger partial charge >= 0.3 is 0 Å². The molecule has 0 radical (unpaired) electrons. The Bertz CT molecular complexity index is 990. The first-order chi connectivity index (χ1) is 16.5. The van der Waals surface area contributed by atoms with Crippen LogP contribution in [-0.2, 0) is 11.2 Å². The van der Waals surface area contributed by atoms with Crippen molar-refractivity contribution in [2.45, 2.75) is 64.3 Å². The zero-order chi connectivity index (χ0) is 23.9. The van der Waals surface area contributed by atoms with E-state index in [0.717, 1.165) is 63.1 Å². The van der Waals surface area contributed by atoms with E-state index in [4.69, 9.17) is 4.74 Å². The molecular weight excluding hydrogens is 435 g/mol. The molecule has 1 amide bonds. The summed E-state index contributed by atoms with van der Waals surface area (Å²) in [5, 5.41) is 2.63. The molecule has 1 aliphatic heterocycles. The van der Waals surface area contributed by atoms with E-state index < -0.39 is 17.8 Å². The molecule has 0 spiro atoms. The van der Waals surface area contributed by atoms with Crippen molar-refractivity contribution in [3.63, 3.8) is 0 Å². The second-order valence-electron chi connectivity index (χ2n) is 9.19. The number of carbonyl (C=O) groups is 2. The van der Waals surface area contributed by atoms with Crippen LogP contribution in [0.3, 0.4) is 0 Å². The predicted octanol–water partition coefficient (Wildman–Crippen LogP) is 4.11. The van der Waals surface area contributed by atoms with Crippen molar-refractivity contribution in [3.05, 3.63) is 47.5 Å². The lowest BCUT2D eigenvalue weighted by Gasteiger charge is -2.32. The predicted molar refractivity (Wildman–Crippen MR) is 128 cm³/mol. The van der Waals surface area contributed by atoms with Crippen molar-refractivity contribution >= 4 is 17.6 Å². The molecule has 0 bridgehead atoms. The number of hydrogen-bond acceptors (Lipinski definition) is 6. The Morgan fingerprint density at radius 3 is 2.62 bits per heavy atom. The second kappa shape index (κ2) is 11.4. The highest BCUT2D eigenvalue weighted by molar-refractivity contribution is 5.98. The molecule has 1 aromatic heterocycles. The van der Waals surface area contributed by atoms with Crippen molar-refractivity contribution in [1.82, 2.24) is 15.3 Å². The number of aromatic nitrogens is 2. The van der Waals surface area contributed by atoms with Gasteiger partial charge in [-0.1, -0.05) is 6.92 Å². The van der Waals surface area contributed by atoms with Crippen LogP contribution < -0.4 is 15.0 Å². The molecule has 1 N–H and O–H groups in total. The molecule has 4 rings (SSSR count). The number of nitrogens with zero attached hydrogens (tertiary/aromatic N) is 3. The molecule has 1 unspecified atom stereocenters. The lowest BCUT2D eigenvalue weighted by atomic mass is 9.92. The van der Waals surface area contributed by atoms with Gasteiger partial charge < -0.3 is 15.0 Å². The second-order valence-corrected chi connectivity index (χ2v) is 9.19. The van der Waals surface area contributed by atoms with Gasteiger partial charge in [0.1, 0.15) is 11.6 Å². The molecule has 8 heteroatoms. The monoisotopic (exact) mass is 468 g/mol. The van der Waals surface area contributed by atoms with Gasteiger partial charge in [-0.15, -0.1) is 0 Å². The highest BCUT2D eigenvalue weighted by atomic mass is 19.1. The minimum absolute atomic E-state index is 0.0124. The molecular formula is C26H33FN4O3. The number of benzene rings is 1. The number of anilines is 1. The molecule has 2 fully saturated rings. The highest BCUT2D eigenvalue weighted by Gasteiger charge is 2.27. The lowest BCUT2D eigenvalue weighted by molar-refractivity contribution is -0.118. The van der Waals surface area contributed by atoms with Gasteiger partial charge in [-0.3, -0.25) is 9.59 Å². The van der Waals surface area contributed by atoms with Crippen LogP contribution in [0, 0.1) is 11.7 Å². The minimum Gasteiger partial charge on any atom is -0.493 e. The SMILES string of the molecule is CCc1cnc(N2CCC(CCCOc3ccc(C(=O)NC4CCCC4=O)c(F)c3)CC2)nc1. The number of rotatable bonds is 9. The third kappa shape index (κ3) is 6.10. The fourth-order valence-corrected chi connectivity index (χ4v) is 4.65. The largest absolute Gasteiger partial charge is 0.493 e. The average Bonchev–Trinajstić information content (AvgIpc) is 3.26. The molecule has 1 aromatic carbocycles. The number of aryl methyl sites for hydroxylation is 1. The quantitative estimate of drug-likeness (QED) is 0.558. The third-order valence-corrected chi connectivity index (χ3v) is 6.82. The number of piperidine rings is 1. The van der Waals surface area contributed by atoms with Crippen LogP contribution in [0.1, 0.15) is 67.8 Å². The van der Waals surface area contributed by atoms with Crippen LogP contribution in [0.2, 0.25) is 0 Å². The normalized spacial score (nSPS) is 18.8. The maximum atomic E-state index is 14.4. The first-order valence-corrected chi connectivity index (χ1v) is 12.3.